The molecule has 1 atom stereocenters. The van der Waals surface area contributed by atoms with E-state index in [-0.39, 0.29) is 17.6 Å². The van der Waals surface area contributed by atoms with Crippen LogP contribution in [0.4, 0.5) is 0 Å². The van der Waals surface area contributed by atoms with Crippen molar-refractivity contribution in [3.63, 3.8) is 0 Å². The lowest BCUT2D eigenvalue weighted by molar-refractivity contribution is 0.227. The third-order valence-corrected chi connectivity index (χ3v) is 4.94. The van der Waals surface area contributed by atoms with Gasteiger partial charge in [0.2, 0.25) is 0 Å². The molecule has 1 aliphatic heterocycles. The second kappa shape index (κ2) is 4.75. The van der Waals surface area contributed by atoms with Gasteiger partial charge in [-0.15, -0.1) is 0 Å². The lowest BCUT2D eigenvalue weighted by Crippen LogP contribution is -2.18. The molecule has 3 nitrogen and oxygen atoms in total. The van der Waals surface area contributed by atoms with Crippen molar-refractivity contribution in [1.82, 2.24) is 0 Å². The van der Waals surface area contributed by atoms with Crippen LogP contribution in [0.3, 0.4) is 0 Å². The number of rotatable bonds is 3. The molecule has 1 unspecified atom stereocenters. The summed E-state index contributed by atoms with van der Waals surface area (Å²) in [5.74, 6) is 1.17. The van der Waals surface area contributed by atoms with E-state index in [0.717, 1.165) is 11.3 Å². The van der Waals surface area contributed by atoms with Gasteiger partial charge in [0.05, 0.1) is 11.5 Å². The van der Waals surface area contributed by atoms with Gasteiger partial charge in [0.15, 0.2) is 9.84 Å². The van der Waals surface area contributed by atoms with Crippen LogP contribution in [0.2, 0.25) is 0 Å². The summed E-state index contributed by atoms with van der Waals surface area (Å²) in [7, 11) is -2.87. The van der Waals surface area contributed by atoms with Crippen LogP contribution in [0.1, 0.15) is 12.0 Å². The Morgan fingerprint density at radius 3 is 2.75 bits per heavy atom. The molecular formula is C11H13BrO3S. The fraction of sp³-hybridized carbons (Fsp3) is 0.455. The highest BCUT2D eigenvalue weighted by Gasteiger charge is 2.29. The lowest BCUT2D eigenvalue weighted by atomic mass is 10.2. The number of benzene rings is 1. The average molecular weight is 305 g/mol. The molecule has 0 saturated carbocycles. The Hall–Kier alpha value is -0.550. The third-order valence-electron chi connectivity index (χ3n) is 2.60. The highest BCUT2D eigenvalue weighted by atomic mass is 79.9. The fourth-order valence-corrected chi connectivity index (χ4v) is 3.82. The van der Waals surface area contributed by atoms with Crippen molar-refractivity contribution in [1.29, 1.82) is 0 Å². The number of alkyl halides is 1. The maximum atomic E-state index is 11.3. The van der Waals surface area contributed by atoms with Gasteiger partial charge in [-0.2, -0.15) is 0 Å². The van der Waals surface area contributed by atoms with E-state index < -0.39 is 9.84 Å². The van der Waals surface area contributed by atoms with Crippen molar-refractivity contribution < 1.29 is 13.2 Å². The first-order chi connectivity index (χ1) is 7.61. The monoisotopic (exact) mass is 304 g/mol. The number of para-hydroxylation sites is 1. The van der Waals surface area contributed by atoms with Crippen molar-refractivity contribution in [3.05, 3.63) is 29.8 Å². The van der Waals surface area contributed by atoms with Crippen molar-refractivity contribution >= 4 is 25.8 Å². The Balaban J connectivity index is 2.10. The van der Waals surface area contributed by atoms with Crippen molar-refractivity contribution in [2.75, 3.05) is 11.5 Å². The summed E-state index contributed by atoms with van der Waals surface area (Å²) in [6.45, 7) is 0. The first kappa shape index (κ1) is 11.9. The van der Waals surface area contributed by atoms with Gasteiger partial charge in [0.25, 0.3) is 0 Å². The summed E-state index contributed by atoms with van der Waals surface area (Å²) < 4.78 is 28.3. The minimum absolute atomic E-state index is 0.142. The highest BCUT2D eigenvalue weighted by molar-refractivity contribution is 9.08. The summed E-state index contributed by atoms with van der Waals surface area (Å²) >= 11 is 3.38. The smallest absolute Gasteiger partial charge is 0.154 e. The molecule has 5 heteroatoms. The van der Waals surface area contributed by atoms with E-state index in [0.29, 0.717) is 11.8 Å². The van der Waals surface area contributed by atoms with Crippen LogP contribution in [0, 0.1) is 0 Å². The largest absolute Gasteiger partial charge is 0.489 e. The minimum Gasteiger partial charge on any atom is -0.489 e. The lowest BCUT2D eigenvalue weighted by Gasteiger charge is -2.14. The van der Waals surface area contributed by atoms with E-state index in [2.05, 4.69) is 15.9 Å². The van der Waals surface area contributed by atoms with Crippen LogP contribution in [-0.2, 0) is 15.2 Å². The van der Waals surface area contributed by atoms with Gasteiger partial charge in [0.1, 0.15) is 11.9 Å². The molecule has 0 aliphatic carbocycles. The molecule has 1 aromatic carbocycles. The molecule has 2 rings (SSSR count). The summed E-state index contributed by atoms with van der Waals surface area (Å²) in [6.07, 6.45) is 0.407. The summed E-state index contributed by atoms with van der Waals surface area (Å²) in [4.78, 5) is 0. The number of hydrogen-bond donors (Lipinski definition) is 0. The molecule has 1 aliphatic rings. The Kier molecular flexibility index (Phi) is 3.54. The van der Waals surface area contributed by atoms with Gasteiger partial charge < -0.3 is 4.74 Å². The Bertz CT molecular complexity index is 470. The maximum absolute atomic E-state index is 11.3. The van der Waals surface area contributed by atoms with Crippen LogP contribution in [0.25, 0.3) is 0 Å². The van der Waals surface area contributed by atoms with E-state index in [4.69, 9.17) is 4.74 Å². The van der Waals surface area contributed by atoms with E-state index in [9.17, 15) is 8.42 Å². The number of sulfone groups is 1. The summed E-state index contributed by atoms with van der Waals surface area (Å²) in [6, 6.07) is 7.68. The summed E-state index contributed by atoms with van der Waals surface area (Å²) in [5, 5.41) is 0.711. The zero-order chi connectivity index (χ0) is 11.6. The molecule has 1 fully saturated rings. The minimum atomic E-state index is -2.87. The van der Waals surface area contributed by atoms with Gasteiger partial charge in [-0.3, -0.25) is 0 Å². The standard InChI is InChI=1S/C11H13BrO3S/c12-7-9-3-1-2-4-11(9)15-10-5-6-16(13,14)8-10/h1-4,10H,5-8H2. The normalized spacial score (nSPS) is 23.2. The van der Waals surface area contributed by atoms with Crippen molar-refractivity contribution in [3.8, 4) is 5.75 Å². The highest BCUT2D eigenvalue weighted by Crippen LogP contribution is 2.24. The van der Waals surface area contributed by atoms with Crippen LogP contribution >= 0.6 is 15.9 Å². The summed E-state index contributed by atoms with van der Waals surface area (Å²) in [5.41, 5.74) is 1.05. The fourth-order valence-electron chi connectivity index (χ4n) is 1.76. The Labute approximate surface area is 104 Å². The molecule has 0 aromatic heterocycles. The third kappa shape index (κ3) is 2.77. The van der Waals surface area contributed by atoms with Crippen LogP contribution in [-0.4, -0.2) is 26.0 Å². The quantitative estimate of drug-likeness (QED) is 0.804. The molecule has 1 saturated heterocycles. The second-order valence-corrected chi connectivity index (χ2v) is 6.67. The second-order valence-electron chi connectivity index (χ2n) is 3.88. The molecule has 0 radical (unpaired) electrons. The van der Waals surface area contributed by atoms with Gasteiger partial charge in [0, 0.05) is 10.9 Å². The number of hydrogen-bond acceptors (Lipinski definition) is 3. The van der Waals surface area contributed by atoms with Gasteiger partial charge >= 0.3 is 0 Å². The molecule has 16 heavy (non-hydrogen) atoms. The van der Waals surface area contributed by atoms with Gasteiger partial charge in [-0.25, -0.2) is 8.42 Å². The SMILES string of the molecule is O=S1(=O)CCC(Oc2ccccc2CBr)C1. The van der Waals surface area contributed by atoms with E-state index in [1.165, 1.54) is 0 Å². The average Bonchev–Trinajstić information content (AvgIpc) is 2.59. The van der Waals surface area contributed by atoms with E-state index >= 15 is 0 Å². The topological polar surface area (TPSA) is 43.4 Å². The number of halogens is 1. The molecule has 0 N–H and O–H groups in total. The Morgan fingerprint density at radius 2 is 2.12 bits per heavy atom. The zero-order valence-corrected chi connectivity index (χ0v) is 11.1. The molecular weight excluding hydrogens is 292 g/mol. The molecule has 0 bridgehead atoms. The molecule has 88 valence electrons. The molecule has 1 heterocycles. The Morgan fingerprint density at radius 1 is 1.38 bits per heavy atom. The predicted octanol–water partition coefficient (Wildman–Crippen LogP) is 2.15. The van der Waals surface area contributed by atoms with E-state index in [1.807, 2.05) is 24.3 Å². The van der Waals surface area contributed by atoms with E-state index in [1.54, 1.807) is 0 Å². The first-order valence-electron chi connectivity index (χ1n) is 5.12. The van der Waals surface area contributed by atoms with Gasteiger partial charge in [-0.05, 0) is 12.5 Å². The van der Waals surface area contributed by atoms with Crippen LogP contribution in [0.5, 0.6) is 5.75 Å². The maximum Gasteiger partial charge on any atom is 0.154 e. The van der Waals surface area contributed by atoms with Crippen molar-refractivity contribution in [2.45, 2.75) is 17.9 Å². The predicted molar refractivity (Wildman–Crippen MR) is 66.8 cm³/mol. The number of ether oxygens (including phenoxy) is 1. The molecule has 0 spiro atoms. The van der Waals surface area contributed by atoms with Crippen LogP contribution in [0.15, 0.2) is 24.3 Å². The first-order valence-corrected chi connectivity index (χ1v) is 8.06. The van der Waals surface area contributed by atoms with Gasteiger partial charge in [-0.1, -0.05) is 34.1 Å². The molecule has 0 amide bonds. The van der Waals surface area contributed by atoms with Crippen LogP contribution < -0.4 is 4.74 Å². The van der Waals surface area contributed by atoms with Crippen molar-refractivity contribution in [2.24, 2.45) is 0 Å². The molecule has 1 aromatic rings. The zero-order valence-electron chi connectivity index (χ0n) is 8.73.